The molecule has 0 aliphatic heterocycles. The normalized spacial score (nSPS) is 10.4. The van der Waals surface area contributed by atoms with E-state index in [4.69, 9.17) is 9.47 Å². The number of methoxy groups -OCH3 is 2. The summed E-state index contributed by atoms with van der Waals surface area (Å²) in [5.41, 5.74) is 2.24. The van der Waals surface area contributed by atoms with Crippen LogP contribution in [0.4, 0.5) is 16.5 Å². The summed E-state index contributed by atoms with van der Waals surface area (Å²) in [5, 5.41) is 18.1. The van der Waals surface area contributed by atoms with Crippen LogP contribution in [0.15, 0.2) is 48.5 Å². The molecule has 9 nitrogen and oxygen atoms in total. The summed E-state index contributed by atoms with van der Waals surface area (Å²) in [5.74, 6) is -0.620. The SMILES string of the molecule is COCCCNC(=O)C(=O)Nc1ccc(-c2nnc(Nc3ccc(OC)cc3)s2)cc1. The van der Waals surface area contributed by atoms with E-state index in [9.17, 15) is 9.59 Å². The third-order valence-electron chi connectivity index (χ3n) is 4.17. The third kappa shape index (κ3) is 6.49. The molecule has 2 amide bonds. The van der Waals surface area contributed by atoms with Gasteiger partial charge >= 0.3 is 11.8 Å². The zero-order valence-corrected chi connectivity index (χ0v) is 18.0. The van der Waals surface area contributed by atoms with Crippen LogP contribution in [0.25, 0.3) is 10.6 Å². The maximum absolute atomic E-state index is 12.0. The molecule has 3 aromatic rings. The van der Waals surface area contributed by atoms with Crippen molar-refractivity contribution in [3.8, 4) is 16.3 Å². The number of carbonyl (C=O) groups excluding carboxylic acids is 2. The highest BCUT2D eigenvalue weighted by molar-refractivity contribution is 7.18. The first-order valence-corrected chi connectivity index (χ1v) is 10.3. The van der Waals surface area contributed by atoms with Gasteiger partial charge in [-0.2, -0.15) is 0 Å². The number of nitrogens with one attached hydrogen (secondary N) is 3. The van der Waals surface area contributed by atoms with E-state index in [0.29, 0.717) is 30.4 Å². The molecule has 162 valence electrons. The van der Waals surface area contributed by atoms with Crippen molar-refractivity contribution in [3.63, 3.8) is 0 Å². The van der Waals surface area contributed by atoms with Crippen LogP contribution >= 0.6 is 11.3 Å². The van der Waals surface area contributed by atoms with Crippen LogP contribution in [0.3, 0.4) is 0 Å². The fourth-order valence-electron chi connectivity index (χ4n) is 2.57. The molecule has 0 unspecified atom stereocenters. The Balaban J connectivity index is 1.55. The van der Waals surface area contributed by atoms with Crippen LogP contribution in [0.2, 0.25) is 0 Å². The van der Waals surface area contributed by atoms with Gasteiger partial charge in [-0.05, 0) is 55.0 Å². The fourth-order valence-corrected chi connectivity index (χ4v) is 3.34. The van der Waals surface area contributed by atoms with Crippen molar-refractivity contribution in [2.45, 2.75) is 6.42 Å². The van der Waals surface area contributed by atoms with Gasteiger partial charge in [0.1, 0.15) is 10.8 Å². The topological polar surface area (TPSA) is 114 Å². The minimum Gasteiger partial charge on any atom is -0.497 e. The number of benzene rings is 2. The van der Waals surface area contributed by atoms with Crippen molar-refractivity contribution in [1.29, 1.82) is 0 Å². The van der Waals surface area contributed by atoms with Crippen molar-refractivity contribution in [3.05, 3.63) is 48.5 Å². The van der Waals surface area contributed by atoms with Crippen molar-refractivity contribution in [2.75, 3.05) is 38.0 Å². The number of hydrogen-bond donors (Lipinski definition) is 3. The van der Waals surface area contributed by atoms with Crippen molar-refractivity contribution < 1.29 is 19.1 Å². The van der Waals surface area contributed by atoms with Gasteiger partial charge < -0.3 is 25.4 Å². The predicted octanol–water partition coefficient (Wildman–Crippen LogP) is 3.05. The summed E-state index contributed by atoms with van der Waals surface area (Å²) in [4.78, 5) is 23.8. The Morgan fingerprint density at radius 2 is 1.65 bits per heavy atom. The second-order valence-corrected chi connectivity index (χ2v) is 7.38. The maximum atomic E-state index is 12.0. The molecule has 0 aliphatic carbocycles. The first kappa shape index (κ1) is 22.2. The number of aromatic nitrogens is 2. The smallest absolute Gasteiger partial charge is 0.313 e. The van der Waals surface area contributed by atoms with Crippen LogP contribution in [-0.2, 0) is 14.3 Å². The predicted molar refractivity (Wildman–Crippen MR) is 120 cm³/mol. The summed E-state index contributed by atoms with van der Waals surface area (Å²) in [6.45, 7) is 0.898. The van der Waals surface area contributed by atoms with Gasteiger partial charge in [0, 0.05) is 37.2 Å². The van der Waals surface area contributed by atoms with E-state index in [-0.39, 0.29) is 0 Å². The Kier molecular flexibility index (Phi) is 7.91. The largest absolute Gasteiger partial charge is 0.497 e. The van der Waals surface area contributed by atoms with E-state index in [1.165, 1.54) is 11.3 Å². The molecular formula is C21H23N5O4S. The van der Waals surface area contributed by atoms with Crippen LogP contribution in [0, 0.1) is 0 Å². The number of nitrogens with zero attached hydrogens (tertiary/aromatic N) is 2. The minimum absolute atomic E-state index is 0.378. The quantitative estimate of drug-likeness (QED) is 0.345. The van der Waals surface area contributed by atoms with E-state index in [1.807, 2.05) is 36.4 Å². The molecular weight excluding hydrogens is 418 g/mol. The molecule has 0 saturated heterocycles. The number of rotatable bonds is 9. The lowest BCUT2D eigenvalue weighted by Crippen LogP contribution is -2.36. The zero-order valence-electron chi connectivity index (χ0n) is 17.2. The zero-order chi connectivity index (χ0) is 22.1. The van der Waals surface area contributed by atoms with E-state index in [0.717, 1.165) is 22.0 Å². The second-order valence-electron chi connectivity index (χ2n) is 6.40. The highest BCUT2D eigenvalue weighted by Gasteiger charge is 2.13. The molecule has 10 heteroatoms. The van der Waals surface area contributed by atoms with Crippen molar-refractivity contribution in [1.82, 2.24) is 15.5 Å². The molecule has 0 aliphatic rings. The molecule has 31 heavy (non-hydrogen) atoms. The monoisotopic (exact) mass is 441 g/mol. The van der Waals surface area contributed by atoms with E-state index < -0.39 is 11.8 Å². The Labute approximate surface area is 183 Å². The third-order valence-corrected chi connectivity index (χ3v) is 5.06. The lowest BCUT2D eigenvalue weighted by Gasteiger charge is -2.06. The molecule has 1 heterocycles. The van der Waals surface area contributed by atoms with E-state index in [1.54, 1.807) is 26.4 Å². The van der Waals surface area contributed by atoms with Gasteiger partial charge in [0.15, 0.2) is 0 Å². The Morgan fingerprint density at radius 3 is 2.32 bits per heavy atom. The highest BCUT2D eigenvalue weighted by Crippen LogP contribution is 2.29. The average molecular weight is 442 g/mol. The molecule has 1 aromatic heterocycles. The lowest BCUT2D eigenvalue weighted by molar-refractivity contribution is -0.136. The van der Waals surface area contributed by atoms with Crippen molar-refractivity contribution in [2.24, 2.45) is 0 Å². The summed E-state index contributed by atoms with van der Waals surface area (Å²) in [7, 11) is 3.20. The van der Waals surface area contributed by atoms with Crippen molar-refractivity contribution >= 4 is 39.7 Å². The van der Waals surface area contributed by atoms with Crippen LogP contribution in [0.1, 0.15) is 6.42 Å². The summed E-state index contributed by atoms with van der Waals surface area (Å²) < 4.78 is 10.0. The molecule has 2 aromatic carbocycles. The first-order valence-electron chi connectivity index (χ1n) is 9.52. The summed E-state index contributed by atoms with van der Waals surface area (Å²) in [6, 6.07) is 14.5. The molecule has 3 N–H and O–H groups in total. The number of amides is 2. The van der Waals surface area contributed by atoms with Gasteiger partial charge in [-0.1, -0.05) is 11.3 Å². The standard InChI is InChI=1S/C21H23N5O4S/c1-29-13-3-12-22-18(27)19(28)23-15-6-4-14(5-7-15)20-25-26-21(31-20)24-16-8-10-17(30-2)11-9-16/h4-11H,3,12-13H2,1-2H3,(H,22,27)(H,23,28)(H,24,26). The molecule has 0 spiro atoms. The number of ether oxygens (including phenoxy) is 2. The van der Waals surface area contributed by atoms with Crippen LogP contribution < -0.4 is 20.7 Å². The van der Waals surface area contributed by atoms with Crippen LogP contribution in [0.5, 0.6) is 5.75 Å². The molecule has 3 rings (SSSR count). The molecule has 0 radical (unpaired) electrons. The van der Waals surface area contributed by atoms with Gasteiger partial charge in [0.05, 0.1) is 7.11 Å². The Bertz CT molecular complexity index is 1010. The van der Waals surface area contributed by atoms with Gasteiger partial charge in [-0.25, -0.2) is 0 Å². The minimum atomic E-state index is -0.716. The molecule has 0 bridgehead atoms. The summed E-state index contributed by atoms with van der Waals surface area (Å²) in [6.07, 6.45) is 0.640. The van der Waals surface area contributed by atoms with E-state index >= 15 is 0 Å². The average Bonchev–Trinajstić information content (AvgIpc) is 3.26. The first-order chi connectivity index (χ1) is 15.1. The number of carbonyl (C=O) groups is 2. The maximum Gasteiger partial charge on any atom is 0.313 e. The fraction of sp³-hybridized carbons (Fsp3) is 0.238. The summed E-state index contributed by atoms with van der Waals surface area (Å²) >= 11 is 1.40. The molecule has 0 atom stereocenters. The van der Waals surface area contributed by atoms with Gasteiger partial charge in [-0.15, -0.1) is 10.2 Å². The Morgan fingerprint density at radius 1 is 0.935 bits per heavy atom. The number of hydrogen-bond acceptors (Lipinski definition) is 8. The second kappa shape index (κ2) is 11.0. The number of anilines is 3. The van der Waals surface area contributed by atoms with Gasteiger partial charge in [-0.3, -0.25) is 9.59 Å². The van der Waals surface area contributed by atoms with E-state index in [2.05, 4.69) is 26.1 Å². The highest BCUT2D eigenvalue weighted by atomic mass is 32.1. The van der Waals surface area contributed by atoms with Gasteiger partial charge in [0.2, 0.25) is 5.13 Å². The van der Waals surface area contributed by atoms with Gasteiger partial charge in [0.25, 0.3) is 0 Å². The molecule has 0 saturated carbocycles. The Hall–Kier alpha value is -3.50. The molecule has 0 fully saturated rings. The lowest BCUT2D eigenvalue weighted by atomic mass is 10.2. The van der Waals surface area contributed by atoms with Crippen LogP contribution in [-0.4, -0.2) is 49.4 Å².